The number of nitrogens with zero attached hydrogens (tertiary/aromatic N) is 3. The summed E-state index contributed by atoms with van der Waals surface area (Å²) < 4.78 is 1.97. The third-order valence-corrected chi connectivity index (χ3v) is 3.01. The second-order valence-electron chi connectivity index (χ2n) is 3.44. The number of aryl methyl sites for hydroxylation is 1. The van der Waals surface area contributed by atoms with E-state index in [1.54, 1.807) is 19.3 Å². The van der Waals surface area contributed by atoms with Crippen LogP contribution in [0.4, 0.5) is 5.82 Å². The molecular formula is C11H12Cl2N4. The molecule has 2 aromatic heterocycles. The van der Waals surface area contributed by atoms with Crippen molar-refractivity contribution < 1.29 is 0 Å². The van der Waals surface area contributed by atoms with Gasteiger partial charge in [0.2, 0.25) is 0 Å². The van der Waals surface area contributed by atoms with Crippen LogP contribution in [0.15, 0.2) is 18.5 Å². The van der Waals surface area contributed by atoms with Crippen LogP contribution in [0.25, 0.3) is 11.5 Å². The Morgan fingerprint density at radius 3 is 2.76 bits per heavy atom. The number of hydrogen-bond acceptors (Lipinski definition) is 3. The number of nitrogens with one attached hydrogen (secondary N) is 1. The molecule has 2 heterocycles. The molecule has 0 spiro atoms. The number of hydrogen-bond donors (Lipinski definition) is 1. The maximum atomic E-state index is 6.15. The fourth-order valence-electron chi connectivity index (χ4n) is 1.58. The van der Waals surface area contributed by atoms with Gasteiger partial charge in [-0.25, -0.2) is 9.97 Å². The first-order valence-corrected chi connectivity index (χ1v) is 5.98. The first-order valence-electron chi connectivity index (χ1n) is 5.22. The van der Waals surface area contributed by atoms with Crippen LogP contribution in [0.2, 0.25) is 10.0 Å². The van der Waals surface area contributed by atoms with Gasteiger partial charge < -0.3 is 9.88 Å². The molecule has 0 fully saturated rings. The maximum absolute atomic E-state index is 6.15. The van der Waals surface area contributed by atoms with Crippen molar-refractivity contribution in [3.05, 3.63) is 28.5 Å². The Morgan fingerprint density at radius 1 is 1.35 bits per heavy atom. The largest absolute Gasteiger partial charge is 0.372 e. The molecule has 0 saturated heterocycles. The molecule has 2 aromatic rings. The predicted molar refractivity (Wildman–Crippen MR) is 70.7 cm³/mol. The minimum Gasteiger partial charge on any atom is -0.372 e. The Labute approximate surface area is 110 Å². The Bertz CT molecular complexity index is 536. The number of halogens is 2. The van der Waals surface area contributed by atoms with E-state index in [0.717, 1.165) is 12.4 Å². The molecule has 0 aliphatic rings. The van der Waals surface area contributed by atoms with Crippen LogP contribution in [0.5, 0.6) is 0 Å². The highest BCUT2D eigenvalue weighted by Gasteiger charge is 2.14. The number of pyridine rings is 1. The van der Waals surface area contributed by atoms with Crippen molar-refractivity contribution in [2.24, 2.45) is 0 Å². The van der Waals surface area contributed by atoms with Crippen LogP contribution in [-0.4, -0.2) is 21.6 Å². The van der Waals surface area contributed by atoms with Crippen LogP contribution in [0.3, 0.4) is 0 Å². The summed E-state index contributed by atoms with van der Waals surface area (Å²) in [6, 6.07) is 1.67. The first kappa shape index (κ1) is 12.2. The summed E-state index contributed by atoms with van der Waals surface area (Å²) in [7, 11) is 1.76. The van der Waals surface area contributed by atoms with E-state index >= 15 is 0 Å². The van der Waals surface area contributed by atoms with Crippen molar-refractivity contribution in [1.29, 1.82) is 0 Å². The lowest BCUT2D eigenvalue weighted by Crippen LogP contribution is -2.01. The van der Waals surface area contributed by atoms with Crippen LogP contribution in [-0.2, 0) is 6.54 Å². The summed E-state index contributed by atoms with van der Waals surface area (Å²) in [5, 5.41) is 3.91. The molecule has 17 heavy (non-hydrogen) atoms. The minimum absolute atomic E-state index is 0.495. The van der Waals surface area contributed by atoms with Gasteiger partial charge in [-0.2, -0.15) is 0 Å². The van der Waals surface area contributed by atoms with E-state index in [9.17, 15) is 0 Å². The van der Waals surface area contributed by atoms with Gasteiger partial charge in [-0.1, -0.05) is 23.2 Å². The molecule has 0 aromatic carbocycles. The standard InChI is InChI=1S/C11H12Cl2N4/c1-3-17-5-4-15-11(17)9-7(12)6-8(13)10(14-2)16-9/h4-6H,3H2,1-2H3,(H,14,16). The van der Waals surface area contributed by atoms with Gasteiger partial charge in [-0.15, -0.1) is 0 Å². The van der Waals surface area contributed by atoms with Gasteiger partial charge in [0.25, 0.3) is 0 Å². The monoisotopic (exact) mass is 270 g/mol. The van der Waals surface area contributed by atoms with Gasteiger partial charge >= 0.3 is 0 Å². The second-order valence-corrected chi connectivity index (χ2v) is 4.25. The summed E-state index contributed by atoms with van der Waals surface area (Å²) in [5.74, 6) is 1.34. The maximum Gasteiger partial charge on any atom is 0.160 e. The average Bonchev–Trinajstić information content (AvgIpc) is 2.77. The highest BCUT2D eigenvalue weighted by atomic mass is 35.5. The molecule has 0 radical (unpaired) electrons. The van der Waals surface area contributed by atoms with Gasteiger partial charge in [0.1, 0.15) is 11.5 Å². The van der Waals surface area contributed by atoms with Crippen molar-refractivity contribution in [3.63, 3.8) is 0 Å². The third-order valence-electron chi connectivity index (χ3n) is 2.43. The highest BCUT2D eigenvalue weighted by molar-refractivity contribution is 6.37. The lowest BCUT2D eigenvalue weighted by atomic mass is 10.3. The molecule has 0 aliphatic carbocycles. The summed E-state index contributed by atoms with van der Waals surface area (Å²) in [6.07, 6.45) is 3.62. The first-order chi connectivity index (χ1) is 8.17. The molecule has 0 saturated carbocycles. The second kappa shape index (κ2) is 4.94. The summed E-state index contributed by atoms with van der Waals surface area (Å²) in [6.45, 7) is 2.85. The fraction of sp³-hybridized carbons (Fsp3) is 0.273. The summed E-state index contributed by atoms with van der Waals surface area (Å²) in [5.41, 5.74) is 0.632. The Morgan fingerprint density at radius 2 is 2.12 bits per heavy atom. The smallest absolute Gasteiger partial charge is 0.160 e. The highest BCUT2D eigenvalue weighted by Crippen LogP contribution is 2.31. The third kappa shape index (κ3) is 2.23. The minimum atomic E-state index is 0.495. The Balaban J connectivity index is 2.59. The van der Waals surface area contributed by atoms with Crippen molar-refractivity contribution >= 4 is 29.0 Å². The molecule has 2 rings (SSSR count). The topological polar surface area (TPSA) is 42.7 Å². The zero-order valence-electron chi connectivity index (χ0n) is 9.54. The van der Waals surface area contributed by atoms with Crippen LogP contribution >= 0.6 is 23.2 Å². The van der Waals surface area contributed by atoms with Crippen molar-refractivity contribution in [3.8, 4) is 11.5 Å². The molecule has 90 valence electrons. The van der Waals surface area contributed by atoms with E-state index in [1.807, 2.05) is 17.7 Å². The van der Waals surface area contributed by atoms with E-state index in [2.05, 4.69) is 15.3 Å². The Kier molecular flexibility index (Phi) is 3.54. The molecule has 1 N–H and O–H groups in total. The van der Waals surface area contributed by atoms with Crippen LogP contribution < -0.4 is 5.32 Å². The van der Waals surface area contributed by atoms with Crippen molar-refractivity contribution in [2.45, 2.75) is 13.5 Å². The molecule has 0 unspecified atom stereocenters. The van der Waals surface area contributed by atoms with E-state index in [0.29, 0.717) is 21.6 Å². The number of imidazole rings is 1. The molecule has 4 nitrogen and oxygen atoms in total. The molecule has 0 aliphatic heterocycles. The van der Waals surface area contributed by atoms with Crippen LogP contribution in [0, 0.1) is 0 Å². The quantitative estimate of drug-likeness (QED) is 0.931. The van der Waals surface area contributed by atoms with Crippen molar-refractivity contribution in [2.75, 3.05) is 12.4 Å². The summed E-state index contributed by atoms with van der Waals surface area (Å²) >= 11 is 12.2. The number of anilines is 1. The normalized spacial score (nSPS) is 10.6. The van der Waals surface area contributed by atoms with Gasteiger partial charge in [0.15, 0.2) is 5.82 Å². The van der Waals surface area contributed by atoms with E-state index in [1.165, 1.54) is 0 Å². The molecule has 0 bridgehead atoms. The average molecular weight is 271 g/mol. The molecular weight excluding hydrogens is 259 g/mol. The fourth-order valence-corrected chi connectivity index (χ4v) is 2.12. The van der Waals surface area contributed by atoms with Gasteiger partial charge in [0.05, 0.1) is 10.0 Å². The lowest BCUT2D eigenvalue weighted by Gasteiger charge is -2.09. The number of aromatic nitrogens is 3. The summed E-state index contributed by atoms with van der Waals surface area (Å²) in [4.78, 5) is 8.65. The van der Waals surface area contributed by atoms with Gasteiger partial charge in [-0.05, 0) is 13.0 Å². The predicted octanol–water partition coefficient (Wildman–Crippen LogP) is 3.31. The molecule has 0 atom stereocenters. The van der Waals surface area contributed by atoms with E-state index in [-0.39, 0.29) is 0 Å². The number of rotatable bonds is 3. The van der Waals surface area contributed by atoms with E-state index in [4.69, 9.17) is 23.2 Å². The SMILES string of the molecule is CCn1ccnc1-c1nc(NC)c(Cl)cc1Cl. The van der Waals surface area contributed by atoms with Crippen LogP contribution in [0.1, 0.15) is 6.92 Å². The lowest BCUT2D eigenvalue weighted by molar-refractivity contribution is 0.768. The Hall–Kier alpha value is -1.26. The molecule has 0 amide bonds. The zero-order chi connectivity index (χ0) is 12.4. The van der Waals surface area contributed by atoms with Crippen molar-refractivity contribution in [1.82, 2.24) is 14.5 Å². The molecule has 6 heteroatoms. The van der Waals surface area contributed by atoms with Gasteiger partial charge in [0, 0.05) is 26.0 Å². The van der Waals surface area contributed by atoms with E-state index < -0.39 is 0 Å². The van der Waals surface area contributed by atoms with Gasteiger partial charge in [-0.3, -0.25) is 0 Å². The zero-order valence-corrected chi connectivity index (χ0v) is 11.0.